The van der Waals surface area contributed by atoms with Crippen molar-refractivity contribution >= 4 is 0 Å². The van der Waals surface area contributed by atoms with Gasteiger partial charge in [0.2, 0.25) is 0 Å². The van der Waals surface area contributed by atoms with E-state index in [2.05, 4.69) is 6.92 Å². The minimum absolute atomic E-state index is 0.0602. The fraction of sp³-hybridized carbons (Fsp3) is 0.583. The van der Waals surface area contributed by atoms with Gasteiger partial charge >= 0.3 is 0 Å². The van der Waals surface area contributed by atoms with E-state index in [-0.39, 0.29) is 11.3 Å². The number of hydrogen-bond acceptors (Lipinski definition) is 2. The fourth-order valence-electron chi connectivity index (χ4n) is 2.35. The fourth-order valence-corrected chi connectivity index (χ4v) is 2.35. The first-order valence-electron chi connectivity index (χ1n) is 5.68. The first kappa shape index (κ1) is 10.3. The summed E-state index contributed by atoms with van der Waals surface area (Å²) in [6.07, 6.45) is 5.03. The second kappa shape index (κ2) is 4.09. The van der Waals surface area contributed by atoms with Crippen LogP contribution in [0.4, 0.5) is 0 Å². The highest BCUT2D eigenvalue weighted by Gasteiger charge is 2.17. The van der Waals surface area contributed by atoms with Gasteiger partial charge in [-0.1, -0.05) is 6.92 Å². The largest absolute Gasteiger partial charge is 0.507 e. The van der Waals surface area contributed by atoms with Crippen molar-refractivity contribution in [2.24, 2.45) is 0 Å². The SMILES string of the molecule is CCCn1c2c(c(O)cc1=O)CCCC2. The number of nitrogens with zero attached hydrogens (tertiary/aromatic N) is 1. The maximum absolute atomic E-state index is 11.7. The number of aromatic hydroxyl groups is 1. The summed E-state index contributed by atoms with van der Waals surface area (Å²) in [6, 6.07) is 1.36. The number of hydrogen-bond donors (Lipinski definition) is 1. The second-order valence-corrected chi connectivity index (χ2v) is 4.15. The molecule has 3 heteroatoms. The van der Waals surface area contributed by atoms with E-state index in [1.54, 1.807) is 0 Å². The summed E-state index contributed by atoms with van der Waals surface area (Å²) < 4.78 is 1.83. The molecule has 1 N–H and O–H groups in total. The summed E-state index contributed by atoms with van der Waals surface area (Å²) in [6.45, 7) is 2.83. The highest BCUT2D eigenvalue weighted by Crippen LogP contribution is 2.27. The van der Waals surface area contributed by atoms with E-state index in [1.807, 2.05) is 4.57 Å². The van der Waals surface area contributed by atoms with Gasteiger partial charge in [-0.05, 0) is 32.1 Å². The van der Waals surface area contributed by atoms with Crippen LogP contribution in [0.2, 0.25) is 0 Å². The van der Waals surface area contributed by atoms with Crippen LogP contribution in [0.15, 0.2) is 10.9 Å². The summed E-state index contributed by atoms with van der Waals surface area (Å²) in [5.74, 6) is 0.196. The highest BCUT2D eigenvalue weighted by molar-refractivity contribution is 5.37. The average Bonchev–Trinajstić information content (AvgIpc) is 2.24. The molecule has 2 rings (SSSR count). The molecule has 0 spiro atoms. The second-order valence-electron chi connectivity index (χ2n) is 4.15. The third-order valence-electron chi connectivity index (χ3n) is 3.05. The van der Waals surface area contributed by atoms with Crippen molar-refractivity contribution in [3.63, 3.8) is 0 Å². The van der Waals surface area contributed by atoms with Gasteiger partial charge in [0.05, 0.1) is 0 Å². The molecule has 1 aliphatic rings. The molecule has 1 aromatic rings. The van der Waals surface area contributed by atoms with Gasteiger partial charge < -0.3 is 9.67 Å². The Labute approximate surface area is 89.4 Å². The Kier molecular flexibility index (Phi) is 2.80. The Bertz CT molecular complexity index is 420. The number of rotatable bonds is 2. The molecule has 3 nitrogen and oxygen atoms in total. The van der Waals surface area contributed by atoms with E-state index in [1.165, 1.54) is 6.07 Å². The Morgan fingerprint density at radius 2 is 2.13 bits per heavy atom. The Hall–Kier alpha value is -1.25. The van der Waals surface area contributed by atoms with Crippen LogP contribution >= 0.6 is 0 Å². The standard InChI is InChI=1S/C12H17NO2/c1-2-7-13-10-6-4-3-5-9(10)11(14)8-12(13)15/h8,14H,2-7H2,1H3. The van der Waals surface area contributed by atoms with Crippen LogP contribution in [0.1, 0.15) is 37.4 Å². The lowest BCUT2D eigenvalue weighted by Crippen LogP contribution is -2.26. The lowest BCUT2D eigenvalue weighted by Gasteiger charge is -2.21. The molecular weight excluding hydrogens is 190 g/mol. The van der Waals surface area contributed by atoms with Gasteiger partial charge in [0, 0.05) is 23.9 Å². The Morgan fingerprint density at radius 1 is 1.40 bits per heavy atom. The highest BCUT2D eigenvalue weighted by atomic mass is 16.3. The number of pyridine rings is 1. The normalized spacial score (nSPS) is 15.0. The minimum atomic E-state index is -0.0602. The summed E-state index contributed by atoms with van der Waals surface area (Å²) >= 11 is 0. The maximum Gasteiger partial charge on any atom is 0.254 e. The Morgan fingerprint density at radius 3 is 2.87 bits per heavy atom. The van der Waals surface area contributed by atoms with Crippen LogP contribution in [0, 0.1) is 0 Å². The van der Waals surface area contributed by atoms with Gasteiger partial charge in [-0.25, -0.2) is 0 Å². The van der Waals surface area contributed by atoms with Crippen molar-refractivity contribution in [1.82, 2.24) is 4.57 Å². The summed E-state index contributed by atoms with van der Waals surface area (Å²) in [5.41, 5.74) is 2.00. The van der Waals surface area contributed by atoms with Crippen LogP contribution in [0.3, 0.4) is 0 Å². The predicted octanol–water partition coefficient (Wildman–Crippen LogP) is 1.84. The quantitative estimate of drug-likeness (QED) is 0.804. The van der Waals surface area contributed by atoms with Gasteiger partial charge in [-0.15, -0.1) is 0 Å². The topological polar surface area (TPSA) is 42.2 Å². The van der Waals surface area contributed by atoms with Crippen molar-refractivity contribution in [3.8, 4) is 5.75 Å². The minimum Gasteiger partial charge on any atom is -0.507 e. The van der Waals surface area contributed by atoms with Crippen molar-refractivity contribution in [2.45, 2.75) is 45.6 Å². The monoisotopic (exact) mass is 207 g/mol. The zero-order valence-corrected chi connectivity index (χ0v) is 9.12. The molecule has 1 heterocycles. The van der Waals surface area contributed by atoms with E-state index < -0.39 is 0 Å². The molecule has 0 bridgehead atoms. The molecule has 0 aliphatic heterocycles. The van der Waals surface area contributed by atoms with Crippen LogP contribution in [-0.4, -0.2) is 9.67 Å². The zero-order valence-electron chi connectivity index (χ0n) is 9.12. The molecule has 1 aliphatic carbocycles. The van der Waals surface area contributed by atoms with E-state index in [9.17, 15) is 9.90 Å². The first-order chi connectivity index (χ1) is 7.24. The van der Waals surface area contributed by atoms with Crippen LogP contribution in [-0.2, 0) is 19.4 Å². The lowest BCUT2D eigenvalue weighted by molar-refractivity contribution is 0.449. The molecular formula is C12H17NO2. The van der Waals surface area contributed by atoms with Crippen LogP contribution in [0.5, 0.6) is 5.75 Å². The molecule has 0 amide bonds. The smallest absolute Gasteiger partial charge is 0.254 e. The number of fused-ring (bicyclic) bond motifs is 1. The van der Waals surface area contributed by atoms with Gasteiger partial charge in [0.1, 0.15) is 5.75 Å². The zero-order chi connectivity index (χ0) is 10.8. The van der Waals surface area contributed by atoms with E-state index >= 15 is 0 Å². The summed E-state index contributed by atoms with van der Waals surface area (Å²) in [5, 5.41) is 9.72. The molecule has 0 saturated heterocycles. The van der Waals surface area contributed by atoms with Crippen molar-refractivity contribution in [1.29, 1.82) is 0 Å². The summed E-state index contributed by atoms with van der Waals surface area (Å²) in [7, 11) is 0. The maximum atomic E-state index is 11.7. The van der Waals surface area contributed by atoms with Gasteiger partial charge in [-0.2, -0.15) is 0 Å². The van der Waals surface area contributed by atoms with Crippen LogP contribution < -0.4 is 5.56 Å². The van der Waals surface area contributed by atoms with Gasteiger partial charge in [0.15, 0.2) is 0 Å². The molecule has 82 valence electrons. The first-order valence-corrected chi connectivity index (χ1v) is 5.68. The molecule has 0 saturated carbocycles. The Balaban J connectivity index is 2.58. The molecule has 0 atom stereocenters. The molecule has 0 fully saturated rings. The van der Waals surface area contributed by atoms with E-state index in [0.717, 1.165) is 49.9 Å². The molecule has 1 aromatic heterocycles. The summed E-state index contributed by atoms with van der Waals surface area (Å²) in [4.78, 5) is 11.7. The van der Waals surface area contributed by atoms with Gasteiger partial charge in [-0.3, -0.25) is 4.79 Å². The molecule has 0 aromatic carbocycles. The van der Waals surface area contributed by atoms with Crippen molar-refractivity contribution in [3.05, 3.63) is 27.7 Å². The average molecular weight is 207 g/mol. The third-order valence-corrected chi connectivity index (χ3v) is 3.05. The third kappa shape index (κ3) is 1.78. The van der Waals surface area contributed by atoms with Crippen LogP contribution in [0.25, 0.3) is 0 Å². The van der Waals surface area contributed by atoms with Crippen molar-refractivity contribution < 1.29 is 5.11 Å². The van der Waals surface area contributed by atoms with Gasteiger partial charge in [0.25, 0.3) is 5.56 Å². The molecule has 0 unspecified atom stereocenters. The molecule has 0 radical (unpaired) electrons. The lowest BCUT2D eigenvalue weighted by atomic mass is 9.95. The van der Waals surface area contributed by atoms with Crippen molar-refractivity contribution in [2.75, 3.05) is 0 Å². The van der Waals surface area contributed by atoms with E-state index in [0.29, 0.717) is 0 Å². The number of aromatic nitrogens is 1. The van der Waals surface area contributed by atoms with E-state index in [4.69, 9.17) is 0 Å². The molecule has 15 heavy (non-hydrogen) atoms. The predicted molar refractivity (Wildman–Crippen MR) is 59.3 cm³/mol.